The van der Waals surface area contributed by atoms with Gasteiger partial charge in [0.25, 0.3) is 0 Å². The third-order valence-electron chi connectivity index (χ3n) is 17.9. The molecule has 256 valence electrons. The van der Waals surface area contributed by atoms with Crippen molar-refractivity contribution in [3.8, 4) is 47.4 Å². The number of aliphatic carboxylic acids is 4. The summed E-state index contributed by atoms with van der Waals surface area (Å²) in [7, 11) is 0. The number of hydrogen-bond acceptors (Lipinski definition) is 4. The van der Waals surface area contributed by atoms with Gasteiger partial charge in [-0.05, 0) is 157 Å². The Bertz CT molecular complexity index is 1920. The fourth-order valence-electron chi connectivity index (χ4n) is 18.3. The van der Waals surface area contributed by atoms with Crippen molar-refractivity contribution in [2.45, 2.75) is 38.5 Å². The van der Waals surface area contributed by atoms with E-state index in [1.165, 1.54) is 12.8 Å². The molecule has 50 heavy (non-hydrogen) atoms. The second-order valence-electron chi connectivity index (χ2n) is 18.4. The van der Waals surface area contributed by atoms with Gasteiger partial charge in [-0.1, -0.05) is 23.7 Å². The highest BCUT2D eigenvalue weighted by atomic mass is 16.4. The Morgan fingerprint density at radius 2 is 0.600 bits per heavy atom. The van der Waals surface area contributed by atoms with Crippen molar-refractivity contribution >= 4 is 23.9 Å². The highest BCUT2D eigenvalue weighted by molar-refractivity contribution is 5.87. The van der Waals surface area contributed by atoms with E-state index in [2.05, 4.69) is 47.4 Å². The van der Waals surface area contributed by atoms with Gasteiger partial charge in [-0.3, -0.25) is 0 Å². The molecule has 11 aliphatic rings. The molecule has 0 radical (unpaired) electrons. The van der Waals surface area contributed by atoms with Gasteiger partial charge in [-0.15, -0.1) is 0 Å². The van der Waals surface area contributed by atoms with Crippen LogP contribution in [0, 0.1) is 189 Å². The highest BCUT2D eigenvalue weighted by Crippen LogP contribution is 2.83. The van der Waals surface area contributed by atoms with Crippen LogP contribution in [0.3, 0.4) is 0 Å². The largest absolute Gasteiger partial charge is 0.472 e. The molecule has 0 aliphatic heterocycles. The molecule has 8 nitrogen and oxygen atoms in total. The number of rotatable bonds is 0. The third kappa shape index (κ3) is 3.55. The molecule has 11 saturated carbocycles. The van der Waals surface area contributed by atoms with Gasteiger partial charge in [0.1, 0.15) is 0 Å². The number of carboxylic acid groups (broad SMARTS) is 4. The molecule has 24 unspecified atom stereocenters. The normalized spacial score (nSPS) is 57.1. The second kappa shape index (κ2) is 9.91. The average molecular weight is 673 g/mol. The lowest BCUT2D eigenvalue weighted by molar-refractivity contribution is -0.131. The highest BCUT2D eigenvalue weighted by Gasteiger charge is 2.80. The van der Waals surface area contributed by atoms with E-state index in [-0.39, 0.29) is 59.2 Å². The first kappa shape index (κ1) is 29.8. The third-order valence-corrected chi connectivity index (χ3v) is 17.9. The molecule has 0 aromatic rings. The summed E-state index contributed by atoms with van der Waals surface area (Å²) in [5, 5.41) is 39.0. The van der Waals surface area contributed by atoms with Crippen LogP contribution in [0.15, 0.2) is 0 Å². The first-order valence-electron chi connectivity index (χ1n) is 19.1. The molecule has 24 atom stereocenters. The summed E-state index contributed by atoms with van der Waals surface area (Å²) in [6, 6.07) is 0. The van der Waals surface area contributed by atoms with Gasteiger partial charge in [-0.2, -0.15) is 0 Å². The van der Waals surface area contributed by atoms with Crippen molar-refractivity contribution in [2.24, 2.45) is 142 Å². The molecule has 0 aromatic carbocycles. The van der Waals surface area contributed by atoms with Crippen LogP contribution in [0.25, 0.3) is 0 Å². The van der Waals surface area contributed by atoms with Gasteiger partial charge in [0.15, 0.2) is 0 Å². The van der Waals surface area contributed by atoms with Crippen molar-refractivity contribution < 1.29 is 39.6 Å². The summed E-state index contributed by atoms with van der Waals surface area (Å²) < 4.78 is 0. The van der Waals surface area contributed by atoms with Crippen LogP contribution < -0.4 is 0 Å². The Morgan fingerprint density at radius 3 is 1.02 bits per heavy atom. The van der Waals surface area contributed by atoms with Crippen LogP contribution in [0.2, 0.25) is 0 Å². The Hall–Kier alpha value is -3.88. The Kier molecular flexibility index (Phi) is 5.91. The maximum absolute atomic E-state index is 12.0. The summed E-state index contributed by atoms with van der Waals surface area (Å²) in [5.74, 6) is 26.2. The monoisotopic (exact) mass is 672 g/mol. The van der Waals surface area contributed by atoms with Gasteiger partial charge in [0.05, 0.1) is 0 Å². The Labute approximate surface area is 290 Å². The van der Waals surface area contributed by atoms with Gasteiger partial charge < -0.3 is 20.4 Å². The topological polar surface area (TPSA) is 149 Å². The smallest absolute Gasteiger partial charge is 0.381 e. The zero-order chi connectivity index (χ0) is 34.1. The van der Waals surface area contributed by atoms with E-state index >= 15 is 0 Å². The van der Waals surface area contributed by atoms with Crippen molar-refractivity contribution in [1.29, 1.82) is 0 Å². The predicted molar refractivity (Wildman–Crippen MR) is 173 cm³/mol. The van der Waals surface area contributed by atoms with E-state index in [9.17, 15) is 39.6 Å². The van der Waals surface area contributed by atoms with Crippen molar-refractivity contribution in [2.75, 3.05) is 0 Å². The van der Waals surface area contributed by atoms with Crippen LogP contribution in [-0.4, -0.2) is 44.3 Å². The van der Waals surface area contributed by atoms with Gasteiger partial charge in [0.2, 0.25) is 0 Å². The van der Waals surface area contributed by atoms with Crippen LogP contribution >= 0.6 is 0 Å². The minimum atomic E-state index is -1.19. The number of carbonyl (C=O) groups is 4. The van der Waals surface area contributed by atoms with Crippen molar-refractivity contribution in [3.05, 3.63) is 0 Å². The van der Waals surface area contributed by atoms with E-state index < -0.39 is 23.9 Å². The van der Waals surface area contributed by atoms with Crippen LogP contribution in [-0.2, 0) is 19.2 Å². The van der Waals surface area contributed by atoms with Crippen molar-refractivity contribution in [3.63, 3.8) is 0 Å². The summed E-state index contributed by atoms with van der Waals surface area (Å²) >= 11 is 0. The lowest BCUT2D eigenvalue weighted by atomic mass is 9.60. The molecule has 0 heterocycles. The average Bonchev–Trinajstić information content (AvgIpc) is 3.88. The molecule has 8 heteroatoms. The molecule has 11 aliphatic carbocycles. The predicted octanol–water partition coefficient (Wildman–Crippen LogP) is 3.62. The SMILES string of the molecule is O=C(O)C#CC1C2CC3CC4CC5CC6C(C#CC(=O)O)C7C(C#CC(=O)O)C8C(C#CC(=O)O)C9CC%10CC1C1C%10C9C8C7C6C5C4C3C21. The summed E-state index contributed by atoms with van der Waals surface area (Å²) in [6.45, 7) is 0. The van der Waals surface area contributed by atoms with Crippen molar-refractivity contribution in [1.82, 2.24) is 0 Å². The van der Waals surface area contributed by atoms with Gasteiger partial charge in [0, 0.05) is 47.4 Å². The maximum atomic E-state index is 12.0. The lowest BCUT2D eigenvalue weighted by Gasteiger charge is -2.44. The van der Waals surface area contributed by atoms with Crippen LogP contribution in [0.5, 0.6) is 0 Å². The molecule has 4 N–H and O–H groups in total. The van der Waals surface area contributed by atoms with E-state index in [1.54, 1.807) is 0 Å². The second-order valence-corrected chi connectivity index (χ2v) is 18.4. The Morgan fingerprint density at radius 1 is 0.320 bits per heavy atom. The summed E-state index contributed by atoms with van der Waals surface area (Å²) in [4.78, 5) is 47.7. The van der Waals surface area contributed by atoms with E-state index in [0.717, 1.165) is 25.7 Å². The first-order chi connectivity index (χ1) is 24.1. The van der Waals surface area contributed by atoms with Gasteiger partial charge >= 0.3 is 23.9 Å². The van der Waals surface area contributed by atoms with Crippen LogP contribution in [0.1, 0.15) is 38.5 Å². The summed E-state index contributed by atoms with van der Waals surface area (Å²) in [6.07, 6.45) is 6.75. The molecule has 0 saturated heterocycles. The van der Waals surface area contributed by atoms with E-state index in [1.807, 2.05) is 0 Å². The molecule has 0 bridgehead atoms. The van der Waals surface area contributed by atoms with E-state index in [4.69, 9.17) is 0 Å². The lowest BCUT2D eigenvalue weighted by Crippen LogP contribution is -2.41. The summed E-state index contributed by atoms with van der Waals surface area (Å²) in [5.41, 5.74) is 0. The standard InChI is InChI=1S/C42H40O8/c43-27(44)5-1-19-23-11-16-9-15-10-17-12-25-20(2-6-28(45)46)35-22(4-8-30(49)50)36-21(3-7-29(47)48)26-14-18-13-24(19)38-34(18)40(26)42(36)41(35)39(25)33(17)31(15)32(16)37(23)38/h15-26,31-42H,9-14H2,(H,43,44)(H,45,46)(H,47,48)(H,49,50). The maximum Gasteiger partial charge on any atom is 0.381 e. The molecule has 11 fully saturated rings. The van der Waals surface area contributed by atoms with E-state index in [0.29, 0.717) is 82.9 Å². The zero-order valence-electron chi connectivity index (χ0n) is 27.5. The zero-order valence-corrected chi connectivity index (χ0v) is 27.5. The minimum absolute atomic E-state index is 0.0495. The number of hydrogen-bond donors (Lipinski definition) is 4. The van der Waals surface area contributed by atoms with Gasteiger partial charge in [-0.25, -0.2) is 19.2 Å². The fourth-order valence-corrected chi connectivity index (χ4v) is 18.3. The molecule has 11 rings (SSSR count). The Balaban J connectivity index is 1.14. The molecule has 0 amide bonds. The van der Waals surface area contributed by atoms with Crippen LogP contribution in [0.4, 0.5) is 0 Å². The molecule has 0 spiro atoms. The quantitative estimate of drug-likeness (QED) is 0.285. The molecular formula is C42H40O8. The fraction of sp³-hybridized carbons (Fsp3) is 0.714. The molecular weight excluding hydrogens is 632 g/mol. The minimum Gasteiger partial charge on any atom is -0.472 e. The number of carboxylic acids is 4. The molecule has 0 aromatic heterocycles. The first-order valence-corrected chi connectivity index (χ1v) is 19.1.